The molecule has 0 spiro atoms. The zero-order valence-electron chi connectivity index (χ0n) is 22.8. The van der Waals surface area contributed by atoms with Gasteiger partial charge in [-0.3, -0.25) is 5.10 Å². The molecule has 2 aliphatic heterocycles. The monoisotopic (exact) mass is 546 g/mol. The summed E-state index contributed by atoms with van der Waals surface area (Å²) in [6, 6.07) is 16.7. The maximum atomic E-state index is 13.7. The van der Waals surface area contributed by atoms with Crippen molar-refractivity contribution < 1.29 is 13.5 Å². The van der Waals surface area contributed by atoms with Crippen molar-refractivity contribution in [3.63, 3.8) is 0 Å². The van der Waals surface area contributed by atoms with Crippen LogP contribution in [-0.2, 0) is 11.2 Å². The van der Waals surface area contributed by atoms with E-state index in [9.17, 15) is 8.78 Å². The van der Waals surface area contributed by atoms with Crippen molar-refractivity contribution in [3.05, 3.63) is 82.9 Å². The Kier molecular flexibility index (Phi) is 7.84. The predicted octanol–water partition coefficient (Wildman–Crippen LogP) is 5.61. The Morgan fingerprint density at radius 1 is 0.975 bits per heavy atom. The Morgan fingerprint density at radius 3 is 2.52 bits per heavy atom. The van der Waals surface area contributed by atoms with E-state index in [2.05, 4.69) is 56.2 Å². The molecule has 1 unspecified atom stereocenters. The first-order valence-corrected chi connectivity index (χ1v) is 14.1. The molecule has 3 aromatic carbocycles. The van der Waals surface area contributed by atoms with Gasteiger partial charge in [-0.25, -0.2) is 8.78 Å². The fourth-order valence-electron chi connectivity index (χ4n) is 5.74. The maximum absolute atomic E-state index is 13.7. The second-order valence-electron chi connectivity index (χ2n) is 10.8. The zero-order chi connectivity index (χ0) is 27.5. The quantitative estimate of drug-likeness (QED) is 0.230. The van der Waals surface area contributed by atoms with Crippen LogP contribution in [0.3, 0.4) is 0 Å². The molecular weight excluding hydrogens is 510 g/mol. The van der Waals surface area contributed by atoms with Crippen molar-refractivity contribution in [1.29, 1.82) is 0 Å². The third kappa shape index (κ3) is 6.05. The van der Waals surface area contributed by atoms with E-state index in [-0.39, 0.29) is 6.04 Å². The van der Waals surface area contributed by atoms with Gasteiger partial charge in [0.15, 0.2) is 5.82 Å². The number of piperazine rings is 1. The normalized spacial score (nSPS) is 17.2. The fourth-order valence-corrected chi connectivity index (χ4v) is 5.74. The summed E-state index contributed by atoms with van der Waals surface area (Å²) in [5.74, 6) is -0.384. The molecule has 210 valence electrons. The van der Waals surface area contributed by atoms with Crippen LogP contribution in [-0.4, -0.2) is 55.6 Å². The fraction of sp³-hybridized carbons (Fsp3) is 0.387. The number of aromatic nitrogens is 2. The Morgan fingerprint density at radius 2 is 1.75 bits per heavy atom. The van der Waals surface area contributed by atoms with Gasteiger partial charge in [0.1, 0.15) is 11.6 Å². The van der Waals surface area contributed by atoms with Gasteiger partial charge in [-0.1, -0.05) is 12.1 Å². The molecule has 0 aliphatic carbocycles. The van der Waals surface area contributed by atoms with Crippen molar-refractivity contribution >= 4 is 28.1 Å². The minimum absolute atomic E-state index is 0.0214. The lowest BCUT2D eigenvalue weighted by molar-refractivity contribution is 0.0904. The highest BCUT2D eigenvalue weighted by atomic mass is 19.1. The van der Waals surface area contributed by atoms with Gasteiger partial charge in [0.2, 0.25) is 0 Å². The minimum Gasteiger partial charge on any atom is -0.382 e. The van der Waals surface area contributed by atoms with Gasteiger partial charge in [-0.15, -0.1) is 0 Å². The first-order chi connectivity index (χ1) is 19.5. The molecule has 0 amide bonds. The molecule has 0 radical (unpaired) electrons. The number of hydrogen-bond acceptors (Lipinski definition) is 6. The molecule has 3 heterocycles. The van der Waals surface area contributed by atoms with Crippen molar-refractivity contribution in [2.45, 2.75) is 38.3 Å². The third-order valence-electron chi connectivity index (χ3n) is 7.88. The van der Waals surface area contributed by atoms with Crippen LogP contribution in [0.25, 0.3) is 10.9 Å². The number of nitrogens with zero attached hydrogens (tertiary/aromatic N) is 2. The second-order valence-corrected chi connectivity index (χ2v) is 10.8. The molecule has 1 atom stereocenters. The smallest absolute Gasteiger partial charge is 0.156 e. The van der Waals surface area contributed by atoms with Gasteiger partial charge in [0, 0.05) is 68.3 Å². The Balaban J connectivity index is 1.25. The summed E-state index contributed by atoms with van der Waals surface area (Å²) < 4.78 is 33.1. The number of aromatic amines is 1. The number of halogens is 2. The predicted molar refractivity (Wildman–Crippen MR) is 156 cm³/mol. The lowest BCUT2D eigenvalue weighted by atomic mass is 10.0. The van der Waals surface area contributed by atoms with Gasteiger partial charge >= 0.3 is 0 Å². The average molecular weight is 547 g/mol. The lowest BCUT2D eigenvalue weighted by Gasteiger charge is -2.32. The molecule has 1 aromatic heterocycles. The average Bonchev–Trinajstić information content (AvgIpc) is 3.35. The second kappa shape index (κ2) is 11.8. The van der Waals surface area contributed by atoms with E-state index in [0.717, 1.165) is 86.3 Å². The number of rotatable bonds is 8. The van der Waals surface area contributed by atoms with E-state index in [4.69, 9.17) is 4.74 Å². The molecule has 0 bridgehead atoms. The highest BCUT2D eigenvalue weighted by Crippen LogP contribution is 2.33. The largest absolute Gasteiger partial charge is 0.382 e. The number of ether oxygens (including phenoxy) is 1. The molecule has 40 heavy (non-hydrogen) atoms. The van der Waals surface area contributed by atoms with Gasteiger partial charge < -0.3 is 25.6 Å². The van der Waals surface area contributed by atoms with Crippen LogP contribution >= 0.6 is 0 Å². The summed E-state index contributed by atoms with van der Waals surface area (Å²) in [5.41, 5.74) is 5.99. The van der Waals surface area contributed by atoms with Gasteiger partial charge in [-0.05, 0) is 79.3 Å². The minimum atomic E-state index is -0.566. The summed E-state index contributed by atoms with van der Waals surface area (Å²) in [6.45, 7) is 7.68. The highest BCUT2D eigenvalue weighted by Gasteiger charge is 2.21. The number of benzene rings is 3. The van der Waals surface area contributed by atoms with Crippen molar-refractivity contribution in [2.24, 2.45) is 0 Å². The molecule has 7 nitrogen and oxygen atoms in total. The molecule has 0 saturated carbocycles. The Bertz CT molecular complexity index is 1440. The number of H-pyrrole nitrogens is 1. The molecule has 2 fully saturated rings. The first-order valence-electron chi connectivity index (χ1n) is 14.1. The van der Waals surface area contributed by atoms with Crippen molar-refractivity contribution in [2.75, 3.05) is 54.9 Å². The number of hydrogen-bond donors (Lipinski definition) is 4. The Labute approximate surface area is 233 Å². The zero-order valence-corrected chi connectivity index (χ0v) is 22.8. The molecule has 4 N–H and O–H groups in total. The summed E-state index contributed by atoms with van der Waals surface area (Å²) in [6.07, 6.45) is 2.40. The SMILES string of the molecule is CC(Nc1n[nH]c2ccc(Cc3cc(F)cc(F)c3)cc12)c1ccc(N2CCNCC2)cc1NC1CCOCC1. The molecule has 9 heteroatoms. The van der Waals surface area contributed by atoms with Gasteiger partial charge in [-0.2, -0.15) is 5.10 Å². The molecule has 2 aliphatic rings. The van der Waals surface area contributed by atoms with E-state index in [1.54, 1.807) is 0 Å². The van der Waals surface area contributed by atoms with Crippen LogP contribution in [0.4, 0.5) is 26.0 Å². The van der Waals surface area contributed by atoms with Gasteiger partial charge in [0.25, 0.3) is 0 Å². The highest BCUT2D eigenvalue weighted by molar-refractivity contribution is 5.90. The van der Waals surface area contributed by atoms with Crippen LogP contribution < -0.4 is 20.9 Å². The molecule has 6 rings (SSSR count). The maximum Gasteiger partial charge on any atom is 0.156 e. The van der Waals surface area contributed by atoms with Gasteiger partial charge in [0.05, 0.1) is 11.6 Å². The molecule has 4 aromatic rings. The van der Waals surface area contributed by atoms with E-state index >= 15 is 0 Å². The van der Waals surface area contributed by atoms with Crippen molar-refractivity contribution in [1.82, 2.24) is 15.5 Å². The van der Waals surface area contributed by atoms with Crippen LogP contribution in [0.2, 0.25) is 0 Å². The van der Waals surface area contributed by atoms with Crippen LogP contribution in [0, 0.1) is 11.6 Å². The van der Waals surface area contributed by atoms with E-state index in [0.29, 0.717) is 18.0 Å². The van der Waals surface area contributed by atoms with Crippen LogP contribution in [0.5, 0.6) is 0 Å². The molecular formula is C31H36F2N6O. The van der Waals surface area contributed by atoms with Crippen LogP contribution in [0.1, 0.15) is 42.5 Å². The van der Waals surface area contributed by atoms with E-state index in [1.807, 2.05) is 18.2 Å². The first kappa shape index (κ1) is 26.5. The van der Waals surface area contributed by atoms with Crippen molar-refractivity contribution in [3.8, 4) is 0 Å². The third-order valence-corrected chi connectivity index (χ3v) is 7.88. The lowest BCUT2D eigenvalue weighted by Crippen LogP contribution is -2.43. The van der Waals surface area contributed by atoms with E-state index < -0.39 is 11.6 Å². The summed E-state index contributed by atoms with van der Waals surface area (Å²) in [7, 11) is 0. The topological polar surface area (TPSA) is 77.2 Å². The summed E-state index contributed by atoms with van der Waals surface area (Å²) in [5, 5.41) is 19.5. The van der Waals surface area contributed by atoms with E-state index in [1.165, 1.54) is 23.4 Å². The summed E-state index contributed by atoms with van der Waals surface area (Å²) in [4.78, 5) is 2.43. The standard InChI is InChI=1S/C31H36F2N6O/c1-20(27-4-3-26(39-10-8-34-9-11-39)19-30(27)36-25-6-12-40-13-7-25)35-31-28-17-21(2-5-29(28)37-38-31)14-22-15-23(32)18-24(33)16-22/h2-5,15-20,25,34,36H,6-14H2,1H3,(H2,35,37,38). The van der Waals surface area contributed by atoms with Crippen LogP contribution in [0.15, 0.2) is 54.6 Å². The number of anilines is 3. The Hall–Kier alpha value is -3.69. The summed E-state index contributed by atoms with van der Waals surface area (Å²) >= 11 is 0. The molecule has 2 saturated heterocycles. The number of fused-ring (bicyclic) bond motifs is 1. The number of nitrogens with one attached hydrogen (secondary N) is 4.